The number of fused-ring (bicyclic) bond motifs is 1. The van der Waals surface area contributed by atoms with E-state index in [0.29, 0.717) is 24.1 Å². The molecule has 0 aromatic carbocycles. The van der Waals surface area contributed by atoms with Crippen LogP contribution >= 0.6 is 0 Å². The molecule has 0 radical (unpaired) electrons. The summed E-state index contributed by atoms with van der Waals surface area (Å²) in [6, 6.07) is 0. The van der Waals surface area contributed by atoms with Crippen LogP contribution in [0.3, 0.4) is 0 Å². The van der Waals surface area contributed by atoms with Crippen LogP contribution in [0.1, 0.15) is 26.7 Å². The molecule has 0 atom stereocenters. The van der Waals surface area contributed by atoms with E-state index in [1.807, 2.05) is 6.92 Å². The highest BCUT2D eigenvalue weighted by molar-refractivity contribution is 5.80. The average molecular weight is 261 g/mol. The van der Waals surface area contributed by atoms with E-state index in [1.54, 1.807) is 6.20 Å². The summed E-state index contributed by atoms with van der Waals surface area (Å²) in [4.78, 5) is 8.71. The smallest absolute Gasteiger partial charge is 0.229 e. The fraction of sp³-hybridized carbons (Fsp3) is 0.462. The molecular formula is C13H19N5O. The number of aromatic nitrogens is 4. The first-order chi connectivity index (χ1) is 9.20. The summed E-state index contributed by atoms with van der Waals surface area (Å²) < 4.78 is 5.70. The van der Waals surface area contributed by atoms with Crippen molar-refractivity contribution in [3.8, 4) is 5.88 Å². The molecule has 102 valence electrons. The summed E-state index contributed by atoms with van der Waals surface area (Å²) >= 11 is 0. The van der Waals surface area contributed by atoms with Crippen LogP contribution in [0.25, 0.3) is 11.0 Å². The van der Waals surface area contributed by atoms with Gasteiger partial charge >= 0.3 is 0 Å². The van der Waals surface area contributed by atoms with Gasteiger partial charge in [-0.3, -0.25) is 5.10 Å². The lowest BCUT2D eigenvalue weighted by Gasteiger charge is -2.08. The van der Waals surface area contributed by atoms with Crippen molar-refractivity contribution in [1.82, 2.24) is 20.2 Å². The lowest BCUT2D eigenvalue weighted by molar-refractivity contribution is 0.313. The number of rotatable bonds is 7. The molecule has 2 heterocycles. The summed E-state index contributed by atoms with van der Waals surface area (Å²) in [7, 11) is 0. The van der Waals surface area contributed by atoms with Crippen LogP contribution in [0.5, 0.6) is 5.88 Å². The van der Waals surface area contributed by atoms with Gasteiger partial charge in [0.15, 0.2) is 5.65 Å². The third-order valence-corrected chi connectivity index (χ3v) is 2.58. The first kappa shape index (κ1) is 13.3. The predicted molar refractivity (Wildman–Crippen MR) is 75.4 cm³/mol. The minimum absolute atomic E-state index is 0.554. The highest BCUT2D eigenvalue weighted by Gasteiger charge is 2.10. The van der Waals surface area contributed by atoms with Gasteiger partial charge in [0.05, 0.1) is 12.8 Å². The van der Waals surface area contributed by atoms with Gasteiger partial charge in [-0.05, 0) is 13.3 Å². The molecule has 0 bridgehead atoms. The van der Waals surface area contributed by atoms with Gasteiger partial charge in [-0.15, -0.1) is 6.58 Å². The second-order valence-electron chi connectivity index (χ2n) is 4.47. The molecule has 2 N–H and O–H groups in total. The van der Waals surface area contributed by atoms with Crippen LogP contribution < -0.4 is 10.1 Å². The minimum Gasteiger partial charge on any atom is -0.477 e. The number of hydrogen-bond acceptors (Lipinski definition) is 5. The normalized spacial score (nSPS) is 10.6. The Hall–Kier alpha value is -2.11. The van der Waals surface area contributed by atoms with Gasteiger partial charge < -0.3 is 10.1 Å². The molecule has 2 aromatic rings. The van der Waals surface area contributed by atoms with E-state index >= 15 is 0 Å². The molecule has 2 rings (SSSR count). The van der Waals surface area contributed by atoms with Gasteiger partial charge in [0.2, 0.25) is 11.8 Å². The van der Waals surface area contributed by atoms with Crippen molar-refractivity contribution in [3.63, 3.8) is 0 Å². The van der Waals surface area contributed by atoms with Crippen LogP contribution in [-0.4, -0.2) is 33.3 Å². The zero-order valence-electron chi connectivity index (χ0n) is 11.4. The molecule has 0 fully saturated rings. The first-order valence-corrected chi connectivity index (χ1v) is 6.43. The SMILES string of the molecule is C=C(C)CCOc1nc(NCCC)nc2[nH]ncc12. The average Bonchev–Trinajstić information content (AvgIpc) is 2.84. The molecule has 0 aliphatic carbocycles. The topological polar surface area (TPSA) is 75.7 Å². The number of H-pyrrole nitrogens is 1. The number of anilines is 1. The molecule has 0 aliphatic rings. The van der Waals surface area contributed by atoms with Crippen LogP contribution in [0.15, 0.2) is 18.3 Å². The van der Waals surface area contributed by atoms with Crippen molar-refractivity contribution in [1.29, 1.82) is 0 Å². The Morgan fingerprint density at radius 2 is 2.32 bits per heavy atom. The Morgan fingerprint density at radius 3 is 3.05 bits per heavy atom. The summed E-state index contributed by atoms with van der Waals surface area (Å²) in [5.41, 5.74) is 1.76. The number of nitrogens with zero attached hydrogens (tertiary/aromatic N) is 3. The zero-order valence-corrected chi connectivity index (χ0v) is 11.4. The molecule has 0 spiro atoms. The molecule has 6 nitrogen and oxygen atoms in total. The number of nitrogens with one attached hydrogen (secondary N) is 2. The van der Waals surface area contributed by atoms with Crippen molar-refractivity contribution >= 4 is 17.0 Å². The van der Waals surface area contributed by atoms with E-state index in [4.69, 9.17) is 4.74 Å². The Bertz CT molecular complexity index is 563. The second kappa shape index (κ2) is 6.17. The lowest BCUT2D eigenvalue weighted by atomic mass is 10.3. The molecule has 0 aliphatic heterocycles. The van der Waals surface area contributed by atoms with Crippen molar-refractivity contribution in [3.05, 3.63) is 18.3 Å². The van der Waals surface area contributed by atoms with Crippen LogP contribution in [0.4, 0.5) is 5.95 Å². The molecule has 6 heteroatoms. The molecule has 0 amide bonds. The third-order valence-electron chi connectivity index (χ3n) is 2.58. The standard InChI is InChI=1S/C13H19N5O/c1-4-6-14-13-16-11-10(8-15-18-11)12(17-13)19-7-5-9(2)3/h8H,2,4-7H2,1,3H3,(H2,14,15,16,17,18). The van der Waals surface area contributed by atoms with E-state index in [0.717, 1.165) is 30.3 Å². The zero-order chi connectivity index (χ0) is 13.7. The van der Waals surface area contributed by atoms with Crippen LogP contribution in [0.2, 0.25) is 0 Å². The van der Waals surface area contributed by atoms with E-state index < -0.39 is 0 Å². The maximum Gasteiger partial charge on any atom is 0.229 e. The molecule has 0 saturated carbocycles. The monoisotopic (exact) mass is 261 g/mol. The fourth-order valence-electron chi connectivity index (χ4n) is 1.56. The highest BCUT2D eigenvalue weighted by Crippen LogP contribution is 2.22. The van der Waals surface area contributed by atoms with Crippen molar-refractivity contribution < 1.29 is 4.74 Å². The van der Waals surface area contributed by atoms with E-state index in [-0.39, 0.29) is 0 Å². The molecule has 0 unspecified atom stereocenters. The maximum absolute atomic E-state index is 5.70. The van der Waals surface area contributed by atoms with E-state index in [9.17, 15) is 0 Å². The van der Waals surface area contributed by atoms with Crippen molar-refractivity contribution in [2.45, 2.75) is 26.7 Å². The minimum atomic E-state index is 0.554. The Balaban J connectivity index is 2.18. The molecule has 0 saturated heterocycles. The Labute approximate surface area is 112 Å². The second-order valence-corrected chi connectivity index (χ2v) is 4.47. The number of ether oxygens (including phenoxy) is 1. The van der Waals surface area contributed by atoms with Crippen molar-refractivity contribution in [2.24, 2.45) is 0 Å². The van der Waals surface area contributed by atoms with Gasteiger partial charge in [-0.1, -0.05) is 12.5 Å². The summed E-state index contributed by atoms with van der Waals surface area (Å²) in [5, 5.41) is 10.8. The molecule has 19 heavy (non-hydrogen) atoms. The summed E-state index contributed by atoms with van der Waals surface area (Å²) in [5.74, 6) is 1.11. The van der Waals surface area contributed by atoms with E-state index in [1.165, 1.54) is 0 Å². The first-order valence-electron chi connectivity index (χ1n) is 6.43. The van der Waals surface area contributed by atoms with Gasteiger partial charge in [0, 0.05) is 13.0 Å². The van der Waals surface area contributed by atoms with Gasteiger partial charge in [0.1, 0.15) is 5.39 Å². The van der Waals surface area contributed by atoms with Crippen molar-refractivity contribution in [2.75, 3.05) is 18.5 Å². The number of aromatic amines is 1. The van der Waals surface area contributed by atoms with Gasteiger partial charge in [0.25, 0.3) is 0 Å². The largest absolute Gasteiger partial charge is 0.477 e. The summed E-state index contributed by atoms with van der Waals surface area (Å²) in [6.07, 6.45) is 3.49. The molecule has 2 aromatic heterocycles. The Kier molecular flexibility index (Phi) is 4.33. The van der Waals surface area contributed by atoms with E-state index in [2.05, 4.69) is 39.0 Å². The fourth-order valence-corrected chi connectivity index (χ4v) is 1.56. The lowest BCUT2D eigenvalue weighted by Crippen LogP contribution is -2.07. The Morgan fingerprint density at radius 1 is 1.47 bits per heavy atom. The van der Waals surface area contributed by atoms with Crippen LogP contribution in [-0.2, 0) is 0 Å². The molecular weight excluding hydrogens is 242 g/mol. The highest BCUT2D eigenvalue weighted by atomic mass is 16.5. The quantitative estimate of drug-likeness (QED) is 0.749. The maximum atomic E-state index is 5.70. The number of hydrogen-bond donors (Lipinski definition) is 2. The predicted octanol–water partition coefficient (Wildman–Crippen LogP) is 2.52. The van der Waals surface area contributed by atoms with Crippen LogP contribution in [0, 0.1) is 0 Å². The van der Waals surface area contributed by atoms with Gasteiger partial charge in [-0.25, -0.2) is 0 Å². The third kappa shape index (κ3) is 3.43. The van der Waals surface area contributed by atoms with Gasteiger partial charge in [-0.2, -0.15) is 15.1 Å². The summed E-state index contributed by atoms with van der Waals surface area (Å²) in [6.45, 7) is 9.30.